The molecule has 2 aliphatic heterocycles. The summed E-state index contributed by atoms with van der Waals surface area (Å²) in [5.74, 6) is 1.35. The molecule has 0 atom stereocenters. The van der Waals surface area contributed by atoms with Gasteiger partial charge in [-0.3, -0.25) is 0 Å². The van der Waals surface area contributed by atoms with E-state index in [1.807, 2.05) is 18.5 Å². The van der Waals surface area contributed by atoms with Gasteiger partial charge in [0, 0.05) is 48.2 Å². The summed E-state index contributed by atoms with van der Waals surface area (Å²) >= 11 is 5.76. The molecule has 0 unspecified atom stereocenters. The second kappa shape index (κ2) is 8.33. The second-order valence-corrected chi connectivity index (χ2v) is 10.4. The highest BCUT2D eigenvalue weighted by molar-refractivity contribution is 7.80. The number of rotatable bonds is 3. The minimum absolute atomic E-state index is 0.158. The molecule has 7 nitrogen and oxygen atoms in total. The molecule has 3 aromatic rings. The van der Waals surface area contributed by atoms with Crippen LogP contribution in [0.1, 0.15) is 50.6 Å². The molecule has 5 heterocycles. The Morgan fingerprint density at radius 2 is 1.79 bits per heavy atom. The number of aromatic nitrogens is 4. The van der Waals surface area contributed by atoms with E-state index in [0.29, 0.717) is 5.95 Å². The molecule has 3 aliphatic rings. The highest BCUT2D eigenvalue weighted by atomic mass is 32.1. The molecule has 0 amide bonds. The summed E-state index contributed by atoms with van der Waals surface area (Å²) in [7, 11) is 2.17. The fourth-order valence-corrected chi connectivity index (χ4v) is 6.08. The zero-order valence-corrected chi connectivity index (χ0v) is 20.1. The molecule has 0 bridgehead atoms. The number of fused-ring (bicyclic) bond motifs is 4. The Bertz CT molecular complexity index is 1170. The number of pyridine rings is 1. The minimum atomic E-state index is 0.158. The first-order valence-electron chi connectivity index (χ1n) is 12.2. The van der Waals surface area contributed by atoms with Gasteiger partial charge in [0.25, 0.3) is 0 Å². The molecule has 172 valence electrons. The van der Waals surface area contributed by atoms with E-state index in [-0.39, 0.29) is 5.54 Å². The smallest absolute Gasteiger partial charge is 0.230 e. The summed E-state index contributed by atoms with van der Waals surface area (Å²) in [5.41, 5.74) is 3.50. The SMILES string of the molecule is CN1CCN(c2ccc(Nc3ncc4cc5n(c4n3)C3(CCCCC3)CCC5=S)nc2)CC1. The number of nitrogens with zero attached hydrogens (tertiary/aromatic N) is 6. The van der Waals surface area contributed by atoms with Crippen molar-refractivity contribution in [3.8, 4) is 0 Å². The zero-order chi connectivity index (χ0) is 22.4. The average molecular weight is 462 g/mol. The Morgan fingerprint density at radius 1 is 0.970 bits per heavy atom. The van der Waals surface area contributed by atoms with Gasteiger partial charge in [-0.25, -0.2) is 9.97 Å². The van der Waals surface area contributed by atoms with E-state index in [9.17, 15) is 0 Å². The maximum atomic E-state index is 5.76. The van der Waals surface area contributed by atoms with Crippen LogP contribution in [0.4, 0.5) is 17.5 Å². The summed E-state index contributed by atoms with van der Waals surface area (Å²) in [6, 6.07) is 6.35. The molecular weight excluding hydrogens is 430 g/mol. The Hall–Kier alpha value is -2.58. The van der Waals surface area contributed by atoms with Crippen LogP contribution >= 0.6 is 12.2 Å². The fraction of sp³-hybridized carbons (Fsp3) is 0.520. The van der Waals surface area contributed by atoms with E-state index in [1.165, 1.54) is 43.5 Å². The molecular formula is C25H31N7S. The monoisotopic (exact) mass is 461 g/mol. The van der Waals surface area contributed by atoms with Crippen molar-refractivity contribution in [2.24, 2.45) is 0 Å². The summed E-state index contributed by atoms with van der Waals surface area (Å²) < 4.78 is 2.46. The Kier molecular flexibility index (Phi) is 5.30. The maximum absolute atomic E-state index is 5.76. The molecule has 1 spiro atoms. The molecule has 1 N–H and O–H groups in total. The topological polar surface area (TPSA) is 62.1 Å². The normalized spacial score (nSPS) is 20.9. The van der Waals surface area contributed by atoms with E-state index in [1.54, 1.807) is 0 Å². The van der Waals surface area contributed by atoms with Gasteiger partial charge in [0.05, 0.1) is 17.6 Å². The van der Waals surface area contributed by atoms with Gasteiger partial charge in [-0.05, 0) is 50.9 Å². The van der Waals surface area contributed by atoms with Crippen LogP contribution in [-0.2, 0) is 5.54 Å². The van der Waals surface area contributed by atoms with Gasteiger partial charge in [0.15, 0.2) is 0 Å². The van der Waals surface area contributed by atoms with Gasteiger partial charge in [-0.1, -0.05) is 31.5 Å². The van der Waals surface area contributed by atoms with Crippen LogP contribution in [0.25, 0.3) is 11.0 Å². The number of hydrogen-bond acceptors (Lipinski definition) is 7. The number of thiocarbonyl (C=S) groups is 1. The average Bonchev–Trinajstić information content (AvgIpc) is 3.24. The lowest BCUT2D eigenvalue weighted by Gasteiger charge is -2.43. The van der Waals surface area contributed by atoms with Crippen LogP contribution in [0, 0.1) is 0 Å². The van der Waals surface area contributed by atoms with E-state index in [0.717, 1.165) is 60.7 Å². The van der Waals surface area contributed by atoms with Crippen molar-refractivity contribution in [1.82, 2.24) is 24.4 Å². The minimum Gasteiger partial charge on any atom is -0.368 e. The van der Waals surface area contributed by atoms with Crippen LogP contribution in [0.5, 0.6) is 0 Å². The molecule has 8 heteroatoms. The number of piperazine rings is 1. The summed E-state index contributed by atoms with van der Waals surface area (Å²) in [6.45, 7) is 4.24. The Morgan fingerprint density at radius 3 is 2.55 bits per heavy atom. The van der Waals surface area contributed by atoms with Crippen molar-refractivity contribution in [2.45, 2.75) is 50.5 Å². The van der Waals surface area contributed by atoms with E-state index in [4.69, 9.17) is 17.2 Å². The molecule has 1 saturated heterocycles. The van der Waals surface area contributed by atoms with Crippen molar-refractivity contribution in [2.75, 3.05) is 43.4 Å². The molecule has 6 rings (SSSR count). The first kappa shape index (κ1) is 21.0. The van der Waals surface area contributed by atoms with Crippen LogP contribution in [0.2, 0.25) is 0 Å². The summed E-state index contributed by atoms with van der Waals surface area (Å²) in [5, 5.41) is 4.40. The molecule has 2 fully saturated rings. The van der Waals surface area contributed by atoms with E-state index in [2.05, 4.69) is 48.8 Å². The van der Waals surface area contributed by atoms with Gasteiger partial charge < -0.3 is 19.7 Å². The third kappa shape index (κ3) is 3.79. The highest BCUT2D eigenvalue weighted by Gasteiger charge is 2.40. The zero-order valence-electron chi connectivity index (χ0n) is 19.3. The Balaban J connectivity index is 1.29. The van der Waals surface area contributed by atoms with Gasteiger partial charge in [-0.15, -0.1) is 0 Å². The van der Waals surface area contributed by atoms with Crippen LogP contribution in [0.3, 0.4) is 0 Å². The van der Waals surface area contributed by atoms with Gasteiger partial charge >= 0.3 is 0 Å². The second-order valence-electron chi connectivity index (χ2n) is 9.86. The molecule has 33 heavy (non-hydrogen) atoms. The lowest BCUT2D eigenvalue weighted by atomic mass is 9.76. The quantitative estimate of drug-likeness (QED) is 0.577. The fourth-order valence-electron chi connectivity index (χ4n) is 5.83. The van der Waals surface area contributed by atoms with Crippen molar-refractivity contribution < 1.29 is 0 Å². The lowest BCUT2D eigenvalue weighted by molar-refractivity contribution is 0.180. The van der Waals surface area contributed by atoms with Crippen molar-refractivity contribution in [1.29, 1.82) is 0 Å². The van der Waals surface area contributed by atoms with Crippen LogP contribution < -0.4 is 10.2 Å². The summed E-state index contributed by atoms with van der Waals surface area (Å²) in [4.78, 5) is 20.0. The largest absolute Gasteiger partial charge is 0.368 e. The maximum Gasteiger partial charge on any atom is 0.230 e. The molecule has 3 aromatic heterocycles. The van der Waals surface area contributed by atoms with Crippen molar-refractivity contribution in [3.05, 3.63) is 36.3 Å². The first-order valence-corrected chi connectivity index (χ1v) is 12.6. The van der Waals surface area contributed by atoms with E-state index < -0.39 is 0 Å². The van der Waals surface area contributed by atoms with Gasteiger partial charge in [0.1, 0.15) is 11.5 Å². The number of likely N-dealkylation sites (N-methyl/N-ethyl adjacent to an activating group) is 1. The molecule has 1 saturated carbocycles. The first-order chi connectivity index (χ1) is 16.1. The predicted octanol–water partition coefficient (Wildman–Crippen LogP) is 4.49. The predicted molar refractivity (Wildman–Crippen MR) is 137 cm³/mol. The molecule has 0 radical (unpaired) electrons. The van der Waals surface area contributed by atoms with Crippen LogP contribution in [0.15, 0.2) is 30.6 Å². The van der Waals surface area contributed by atoms with Crippen molar-refractivity contribution >= 4 is 45.6 Å². The van der Waals surface area contributed by atoms with E-state index >= 15 is 0 Å². The standard InChI is InChI=1S/C25H31N7S/c1-30-11-13-31(14-12-30)19-5-6-22(26-17-19)28-24-27-16-18-15-20-21(33)7-10-25(8-3-2-4-9-25)32(20)23(18)29-24/h5-6,15-17H,2-4,7-14H2,1H3,(H,26,27,28,29). The Labute approximate surface area is 200 Å². The number of nitrogens with one attached hydrogen (secondary N) is 1. The highest BCUT2D eigenvalue weighted by Crippen LogP contribution is 2.45. The molecule has 1 aliphatic carbocycles. The van der Waals surface area contributed by atoms with Gasteiger partial charge in [0.2, 0.25) is 5.95 Å². The lowest BCUT2D eigenvalue weighted by Crippen LogP contribution is -2.44. The summed E-state index contributed by atoms with van der Waals surface area (Å²) in [6.07, 6.45) is 12.3. The molecule has 0 aromatic carbocycles. The third-order valence-electron chi connectivity index (χ3n) is 7.76. The third-order valence-corrected chi connectivity index (χ3v) is 8.17. The number of anilines is 3. The number of hydrogen-bond donors (Lipinski definition) is 1. The van der Waals surface area contributed by atoms with Crippen LogP contribution in [-0.4, -0.2) is 62.5 Å². The van der Waals surface area contributed by atoms with Gasteiger partial charge in [-0.2, -0.15) is 4.98 Å². The van der Waals surface area contributed by atoms with Crippen molar-refractivity contribution in [3.63, 3.8) is 0 Å².